The third kappa shape index (κ3) is 6.80. The lowest BCUT2D eigenvalue weighted by Crippen LogP contribution is -2.36. The number of aliphatic hydroxyl groups is 1. The Balaban J connectivity index is 1.53. The van der Waals surface area contributed by atoms with Crippen LogP contribution in [0.5, 0.6) is 5.88 Å². The summed E-state index contributed by atoms with van der Waals surface area (Å²) in [7, 11) is 0. The van der Waals surface area contributed by atoms with Gasteiger partial charge in [0.2, 0.25) is 5.88 Å². The van der Waals surface area contributed by atoms with E-state index < -0.39 is 12.2 Å². The van der Waals surface area contributed by atoms with Crippen LogP contribution in [0.25, 0.3) is 11.1 Å². The van der Waals surface area contributed by atoms with E-state index in [0.29, 0.717) is 57.8 Å². The average Bonchev–Trinajstić information content (AvgIpc) is 3.31. The highest BCUT2D eigenvalue weighted by molar-refractivity contribution is 5.90. The van der Waals surface area contributed by atoms with Gasteiger partial charge in [0.1, 0.15) is 12.4 Å². The molecule has 11 heteroatoms. The summed E-state index contributed by atoms with van der Waals surface area (Å²) in [6.07, 6.45) is -3.57. The zero-order valence-electron chi connectivity index (χ0n) is 20.5. The second kappa shape index (κ2) is 11.4. The molecule has 0 saturated carbocycles. The number of benzene rings is 1. The maximum absolute atomic E-state index is 13.2. The molecular weight excluding hydrogens is 474 g/mol. The van der Waals surface area contributed by atoms with Crippen molar-refractivity contribution in [2.75, 3.05) is 62.8 Å². The number of urea groups is 1. The molecule has 2 amide bonds. The highest BCUT2D eigenvalue weighted by atomic mass is 19.3. The first-order chi connectivity index (χ1) is 17.2. The molecule has 0 unspecified atom stereocenters. The standard InChI is InChI=1S/C25H32F2N4O5/c1-17-3-4-19(28-24(33)31-6-5-20(16-31)36-25(2,26)27)15-21(17)18-13-22(30-7-10-34-11-8-30)29-23(14-18)35-12-9-32/h3-4,13-15,20,32H,5-12,16H2,1-2H3,(H,28,33)/t20-/m0/s1. The third-order valence-corrected chi connectivity index (χ3v) is 6.07. The molecule has 1 aromatic carbocycles. The van der Waals surface area contributed by atoms with Gasteiger partial charge >= 0.3 is 12.1 Å². The number of hydrogen-bond donors (Lipinski definition) is 2. The van der Waals surface area contributed by atoms with E-state index in [9.17, 15) is 18.7 Å². The lowest BCUT2D eigenvalue weighted by atomic mass is 10.0. The van der Waals surface area contributed by atoms with E-state index >= 15 is 0 Å². The molecule has 2 fully saturated rings. The largest absolute Gasteiger partial charge is 0.475 e. The van der Waals surface area contributed by atoms with Gasteiger partial charge in [0.05, 0.1) is 25.9 Å². The van der Waals surface area contributed by atoms with Gasteiger partial charge in [0.25, 0.3) is 0 Å². The number of nitrogens with one attached hydrogen (secondary N) is 1. The van der Waals surface area contributed by atoms with Crippen molar-refractivity contribution in [3.8, 4) is 17.0 Å². The fourth-order valence-corrected chi connectivity index (χ4v) is 4.34. The lowest BCUT2D eigenvalue weighted by Gasteiger charge is -2.28. The molecule has 9 nitrogen and oxygen atoms in total. The van der Waals surface area contributed by atoms with Gasteiger partial charge in [-0.3, -0.25) is 0 Å². The number of aromatic nitrogens is 1. The Labute approximate surface area is 209 Å². The number of pyridine rings is 1. The molecule has 2 saturated heterocycles. The average molecular weight is 507 g/mol. The zero-order valence-corrected chi connectivity index (χ0v) is 20.5. The number of aryl methyl sites for hydroxylation is 1. The highest BCUT2D eigenvalue weighted by Gasteiger charge is 2.34. The predicted molar refractivity (Wildman–Crippen MR) is 131 cm³/mol. The van der Waals surface area contributed by atoms with Crippen LogP contribution >= 0.6 is 0 Å². The van der Waals surface area contributed by atoms with Crippen molar-refractivity contribution in [3.05, 3.63) is 35.9 Å². The van der Waals surface area contributed by atoms with Crippen LogP contribution in [0.1, 0.15) is 18.9 Å². The van der Waals surface area contributed by atoms with Gasteiger partial charge in [-0.15, -0.1) is 0 Å². The molecule has 0 radical (unpaired) electrons. The van der Waals surface area contributed by atoms with E-state index in [1.165, 1.54) is 4.90 Å². The summed E-state index contributed by atoms with van der Waals surface area (Å²) in [6, 6.07) is 8.98. The van der Waals surface area contributed by atoms with Gasteiger partial charge in [-0.2, -0.15) is 13.8 Å². The van der Waals surface area contributed by atoms with E-state index in [1.807, 2.05) is 25.1 Å². The van der Waals surface area contributed by atoms with Gasteiger partial charge in [-0.05, 0) is 48.2 Å². The summed E-state index contributed by atoms with van der Waals surface area (Å²) >= 11 is 0. The number of aliphatic hydroxyl groups excluding tert-OH is 1. The monoisotopic (exact) mass is 506 g/mol. The number of carbonyl (C=O) groups is 1. The number of anilines is 2. The Morgan fingerprint density at radius 1 is 1.25 bits per heavy atom. The van der Waals surface area contributed by atoms with Crippen molar-refractivity contribution in [3.63, 3.8) is 0 Å². The number of amides is 2. The summed E-state index contributed by atoms with van der Waals surface area (Å²) in [4.78, 5) is 21.0. The molecule has 1 aromatic heterocycles. The Kier molecular flexibility index (Phi) is 8.22. The quantitative estimate of drug-likeness (QED) is 0.566. The van der Waals surface area contributed by atoms with Crippen molar-refractivity contribution in [1.29, 1.82) is 0 Å². The van der Waals surface area contributed by atoms with Crippen LogP contribution in [0.15, 0.2) is 30.3 Å². The Hall–Kier alpha value is -3.02. The third-order valence-electron chi connectivity index (χ3n) is 6.07. The maximum atomic E-state index is 13.2. The van der Waals surface area contributed by atoms with Gasteiger partial charge in [0.15, 0.2) is 0 Å². The number of morpholine rings is 1. The van der Waals surface area contributed by atoms with Crippen LogP contribution in [0.3, 0.4) is 0 Å². The van der Waals surface area contributed by atoms with Crippen LogP contribution in [0, 0.1) is 6.92 Å². The molecule has 36 heavy (non-hydrogen) atoms. The fourth-order valence-electron chi connectivity index (χ4n) is 4.34. The first-order valence-electron chi connectivity index (χ1n) is 12.0. The number of hydrogen-bond acceptors (Lipinski definition) is 7. The second-order valence-corrected chi connectivity index (χ2v) is 8.97. The van der Waals surface area contributed by atoms with Gasteiger partial charge in [0, 0.05) is 44.9 Å². The molecule has 196 valence electrons. The van der Waals surface area contributed by atoms with Crippen molar-refractivity contribution >= 4 is 17.5 Å². The minimum Gasteiger partial charge on any atom is -0.475 e. The van der Waals surface area contributed by atoms with E-state index in [1.54, 1.807) is 12.1 Å². The minimum absolute atomic E-state index is 0.104. The Morgan fingerprint density at radius 2 is 2.03 bits per heavy atom. The molecular formula is C25H32F2N4O5. The maximum Gasteiger partial charge on any atom is 0.353 e. The number of carbonyl (C=O) groups excluding carboxylic acids is 1. The number of ether oxygens (including phenoxy) is 3. The van der Waals surface area contributed by atoms with E-state index in [0.717, 1.165) is 22.5 Å². The van der Waals surface area contributed by atoms with Crippen LogP contribution in [0.2, 0.25) is 0 Å². The summed E-state index contributed by atoms with van der Waals surface area (Å²) in [5.41, 5.74) is 3.30. The summed E-state index contributed by atoms with van der Waals surface area (Å²) in [6.45, 7) is 5.73. The summed E-state index contributed by atoms with van der Waals surface area (Å²) in [5, 5.41) is 12.1. The number of halogens is 2. The number of nitrogens with zero attached hydrogens (tertiary/aromatic N) is 3. The molecule has 2 N–H and O–H groups in total. The first-order valence-corrected chi connectivity index (χ1v) is 12.0. The molecule has 0 bridgehead atoms. The van der Waals surface area contributed by atoms with E-state index in [4.69, 9.17) is 14.2 Å². The molecule has 0 aliphatic carbocycles. The van der Waals surface area contributed by atoms with Crippen molar-refractivity contribution in [2.24, 2.45) is 0 Å². The minimum atomic E-state index is -3.23. The van der Waals surface area contributed by atoms with Crippen LogP contribution < -0.4 is 15.0 Å². The SMILES string of the molecule is Cc1ccc(NC(=O)N2CC[C@H](OC(C)(F)F)C2)cc1-c1cc(OCCO)nc(N2CCOCC2)c1. The van der Waals surface area contributed by atoms with Crippen molar-refractivity contribution in [2.45, 2.75) is 32.5 Å². The van der Waals surface area contributed by atoms with Crippen molar-refractivity contribution < 1.29 is 32.9 Å². The Morgan fingerprint density at radius 3 is 2.75 bits per heavy atom. The molecule has 1 atom stereocenters. The number of rotatable bonds is 8. The normalized spacial score (nSPS) is 18.4. The molecule has 2 aliphatic heterocycles. The lowest BCUT2D eigenvalue weighted by molar-refractivity contribution is -0.246. The Bertz CT molecular complexity index is 1060. The number of likely N-dealkylation sites (tertiary alicyclic amines) is 1. The molecule has 4 rings (SSSR count). The number of alkyl halides is 2. The van der Waals surface area contributed by atoms with E-state index in [2.05, 4.69) is 15.2 Å². The van der Waals surface area contributed by atoms with Crippen LogP contribution in [0.4, 0.5) is 25.1 Å². The predicted octanol–water partition coefficient (Wildman–Crippen LogP) is 3.50. The van der Waals surface area contributed by atoms with Crippen LogP contribution in [-0.2, 0) is 9.47 Å². The summed E-state index contributed by atoms with van der Waals surface area (Å²) in [5.74, 6) is 1.14. The molecule has 0 spiro atoms. The van der Waals surface area contributed by atoms with Crippen LogP contribution in [-0.4, -0.2) is 85.8 Å². The topological polar surface area (TPSA) is 96.4 Å². The highest BCUT2D eigenvalue weighted by Crippen LogP contribution is 2.32. The van der Waals surface area contributed by atoms with Crippen molar-refractivity contribution in [1.82, 2.24) is 9.88 Å². The van der Waals surface area contributed by atoms with E-state index in [-0.39, 0.29) is 25.8 Å². The van der Waals surface area contributed by atoms with Gasteiger partial charge in [-0.25, -0.2) is 4.79 Å². The molecule has 2 aromatic rings. The second-order valence-electron chi connectivity index (χ2n) is 8.97. The smallest absolute Gasteiger partial charge is 0.353 e. The van der Waals surface area contributed by atoms with Gasteiger partial charge in [-0.1, -0.05) is 6.07 Å². The fraction of sp³-hybridized carbons (Fsp3) is 0.520. The first kappa shape index (κ1) is 26.1. The van der Waals surface area contributed by atoms with Gasteiger partial charge < -0.3 is 34.4 Å². The zero-order chi connectivity index (χ0) is 25.7. The molecule has 2 aliphatic rings. The molecule has 3 heterocycles. The summed E-state index contributed by atoms with van der Waals surface area (Å²) < 4.78 is 42.1.